The largest absolute Gasteiger partial charge is 0.295 e. The molecule has 1 aliphatic rings. The van der Waals surface area contributed by atoms with Crippen molar-refractivity contribution in [1.82, 2.24) is 0 Å². The minimum Gasteiger partial charge on any atom is -0.295 e. The smallest absolute Gasteiger partial charge is 0.155 e. The fourth-order valence-corrected chi connectivity index (χ4v) is 2.05. The lowest BCUT2D eigenvalue weighted by molar-refractivity contribution is -0.114. The third-order valence-electron chi connectivity index (χ3n) is 3.56. The molecule has 15 heavy (non-hydrogen) atoms. The highest BCUT2D eigenvalue weighted by molar-refractivity contribution is 5.89. The second kappa shape index (κ2) is 4.78. The fourth-order valence-electron chi connectivity index (χ4n) is 2.05. The van der Waals surface area contributed by atoms with Gasteiger partial charge in [0.1, 0.15) is 0 Å². The number of hydrogen-bond acceptors (Lipinski definition) is 1. The zero-order valence-electron chi connectivity index (χ0n) is 10.4. The standard InChI is InChI=1S/C14H22O/c1-5-13(15)9-8-12-7-6-10-14(3,4)11(12)2/h8-9H,5-7,10H2,1-4H3. The molecule has 0 atom stereocenters. The third-order valence-corrected chi connectivity index (χ3v) is 3.56. The van der Waals surface area contributed by atoms with E-state index < -0.39 is 0 Å². The maximum atomic E-state index is 11.2. The summed E-state index contributed by atoms with van der Waals surface area (Å²) in [6.07, 6.45) is 8.00. The molecular formula is C14H22O. The molecule has 84 valence electrons. The van der Waals surface area contributed by atoms with Gasteiger partial charge in [0.05, 0.1) is 0 Å². The highest BCUT2D eigenvalue weighted by atomic mass is 16.1. The van der Waals surface area contributed by atoms with Crippen LogP contribution in [0.4, 0.5) is 0 Å². The molecule has 0 spiro atoms. The van der Waals surface area contributed by atoms with Crippen LogP contribution in [-0.2, 0) is 4.79 Å². The van der Waals surface area contributed by atoms with Gasteiger partial charge in [-0.25, -0.2) is 0 Å². The van der Waals surface area contributed by atoms with Crippen molar-refractivity contribution in [3.63, 3.8) is 0 Å². The zero-order valence-corrected chi connectivity index (χ0v) is 10.4. The van der Waals surface area contributed by atoms with Gasteiger partial charge in [0.2, 0.25) is 0 Å². The van der Waals surface area contributed by atoms with Crippen LogP contribution in [0.2, 0.25) is 0 Å². The van der Waals surface area contributed by atoms with Crippen LogP contribution >= 0.6 is 0 Å². The Balaban J connectivity index is 2.85. The molecule has 0 saturated heterocycles. The van der Waals surface area contributed by atoms with Crippen molar-refractivity contribution in [1.29, 1.82) is 0 Å². The van der Waals surface area contributed by atoms with Crippen molar-refractivity contribution in [3.05, 3.63) is 23.3 Å². The Bertz CT molecular complexity index is 305. The number of carbonyl (C=O) groups is 1. The van der Waals surface area contributed by atoms with E-state index in [0.717, 1.165) is 6.42 Å². The Labute approximate surface area is 93.3 Å². The molecule has 0 aromatic heterocycles. The fraction of sp³-hybridized carbons (Fsp3) is 0.643. The van der Waals surface area contributed by atoms with Crippen LogP contribution in [0.15, 0.2) is 23.3 Å². The molecule has 0 bridgehead atoms. The summed E-state index contributed by atoms with van der Waals surface area (Å²) in [7, 11) is 0. The number of carbonyl (C=O) groups excluding carboxylic acids is 1. The molecule has 1 rings (SSSR count). The molecule has 0 amide bonds. The van der Waals surface area contributed by atoms with Crippen molar-refractivity contribution in [2.75, 3.05) is 0 Å². The average Bonchev–Trinajstić information content (AvgIpc) is 2.19. The van der Waals surface area contributed by atoms with Crippen molar-refractivity contribution >= 4 is 5.78 Å². The van der Waals surface area contributed by atoms with E-state index in [1.54, 1.807) is 6.08 Å². The predicted molar refractivity (Wildman–Crippen MR) is 64.8 cm³/mol. The highest BCUT2D eigenvalue weighted by Gasteiger charge is 2.25. The maximum absolute atomic E-state index is 11.2. The topological polar surface area (TPSA) is 17.1 Å². The molecule has 1 heteroatoms. The van der Waals surface area contributed by atoms with Crippen LogP contribution in [-0.4, -0.2) is 5.78 Å². The summed E-state index contributed by atoms with van der Waals surface area (Å²) in [5.74, 6) is 0.221. The summed E-state index contributed by atoms with van der Waals surface area (Å²) >= 11 is 0. The number of allylic oxidation sites excluding steroid dienone is 4. The second-order valence-electron chi connectivity index (χ2n) is 5.04. The van der Waals surface area contributed by atoms with Crippen molar-refractivity contribution in [2.24, 2.45) is 5.41 Å². The van der Waals surface area contributed by atoms with Gasteiger partial charge in [-0.15, -0.1) is 0 Å². The van der Waals surface area contributed by atoms with Gasteiger partial charge in [0, 0.05) is 6.42 Å². The minimum absolute atomic E-state index is 0.221. The van der Waals surface area contributed by atoms with Crippen LogP contribution in [0.3, 0.4) is 0 Å². The van der Waals surface area contributed by atoms with Gasteiger partial charge in [-0.1, -0.05) is 32.4 Å². The number of hydrogen-bond donors (Lipinski definition) is 0. The number of rotatable bonds is 3. The molecule has 0 radical (unpaired) electrons. The van der Waals surface area contributed by atoms with Gasteiger partial charge in [-0.3, -0.25) is 4.79 Å². The molecule has 1 aliphatic carbocycles. The molecule has 0 unspecified atom stereocenters. The summed E-state index contributed by atoms with van der Waals surface area (Å²) < 4.78 is 0. The molecule has 0 fully saturated rings. The Kier molecular flexibility index (Phi) is 3.90. The van der Waals surface area contributed by atoms with E-state index in [9.17, 15) is 4.79 Å². The SMILES string of the molecule is CCC(=O)C=CC1=C(C)C(C)(C)CCC1. The van der Waals surface area contributed by atoms with E-state index in [4.69, 9.17) is 0 Å². The summed E-state index contributed by atoms with van der Waals surface area (Å²) in [5.41, 5.74) is 3.13. The normalized spacial score (nSPS) is 21.1. The third kappa shape index (κ3) is 3.05. The van der Waals surface area contributed by atoms with Crippen molar-refractivity contribution < 1.29 is 4.79 Å². The lowest BCUT2D eigenvalue weighted by Crippen LogP contribution is -2.18. The van der Waals surface area contributed by atoms with E-state index in [2.05, 4.69) is 20.8 Å². The molecule has 0 N–H and O–H groups in total. The van der Waals surface area contributed by atoms with Crippen LogP contribution < -0.4 is 0 Å². The Morgan fingerprint density at radius 2 is 2.13 bits per heavy atom. The molecule has 0 aromatic rings. The first-order chi connectivity index (χ1) is 6.97. The first-order valence-electron chi connectivity index (χ1n) is 5.88. The van der Waals surface area contributed by atoms with E-state index in [1.807, 2.05) is 13.0 Å². The summed E-state index contributed by atoms with van der Waals surface area (Å²) in [4.78, 5) is 11.2. The van der Waals surface area contributed by atoms with Crippen LogP contribution in [0.25, 0.3) is 0 Å². The van der Waals surface area contributed by atoms with Crippen LogP contribution in [0.1, 0.15) is 53.4 Å². The van der Waals surface area contributed by atoms with E-state index >= 15 is 0 Å². The predicted octanol–water partition coefficient (Wildman–Crippen LogP) is 4.05. The molecule has 1 nitrogen and oxygen atoms in total. The van der Waals surface area contributed by atoms with Crippen LogP contribution in [0.5, 0.6) is 0 Å². The number of ketones is 1. The molecule has 0 heterocycles. The summed E-state index contributed by atoms with van der Waals surface area (Å²) in [6.45, 7) is 8.68. The van der Waals surface area contributed by atoms with E-state index in [1.165, 1.54) is 24.0 Å². The van der Waals surface area contributed by atoms with E-state index in [0.29, 0.717) is 11.8 Å². The molecule has 0 aromatic carbocycles. The van der Waals surface area contributed by atoms with E-state index in [-0.39, 0.29) is 5.78 Å². The summed E-state index contributed by atoms with van der Waals surface area (Å²) in [5, 5.41) is 0. The van der Waals surface area contributed by atoms with Crippen molar-refractivity contribution in [3.8, 4) is 0 Å². The van der Waals surface area contributed by atoms with Gasteiger partial charge in [-0.05, 0) is 43.3 Å². The Morgan fingerprint density at radius 3 is 2.73 bits per heavy atom. The van der Waals surface area contributed by atoms with Gasteiger partial charge in [0.25, 0.3) is 0 Å². The quantitative estimate of drug-likeness (QED) is 0.637. The Hall–Kier alpha value is -0.850. The van der Waals surface area contributed by atoms with Crippen LogP contribution in [0, 0.1) is 5.41 Å². The monoisotopic (exact) mass is 206 g/mol. The van der Waals surface area contributed by atoms with Gasteiger partial charge < -0.3 is 0 Å². The first-order valence-corrected chi connectivity index (χ1v) is 5.88. The average molecular weight is 206 g/mol. The molecular weight excluding hydrogens is 184 g/mol. The zero-order chi connectivity index (χ0) is 11.5. The van der Waals surface area contributed by atoms with Gasteiger partial charge >= 0.3 is 0 Å². The molecule has 0 aliphatic heterocycles. The first kappa shape index (κ1) is 12.2. The highest BCUT2D eigenvalue weighted by Crippen LogP contribution is 2.40. The molecule has 0 saturated carbocycles. The summed E-state index contributed by atoms with van der Waals surface area (Å²) in [6, 6.07) is 0. The lowest BCUT2D eigenvalue weighted by Gasteiger charge is -2.32. The van der Waals surface area contributed by atoms with Crippen molar-refractivity contribution in [2.45, 2.75) is 53.4 Å². The second-order valence-corrected chi connectivity index (χ2v) is 5.04. The maximum Gasteiger partial charge on any atom is 0.155 e. The minimum atomic E-state index is 0.221. The van der Waals surface area contributed by atoms with Gasteiger partial charge in [0.15, 0.2) is 5.78 Å². The van der Waals surface area contributed by atoms with Gasteiger partial charge in [-0.2, -0.15) is 0 Å². The Morgan fingerprint density at radius 1 is 1.47 bits per heavy atom. The lowest BCUT2D eigenvalue weighted by atomic mass is 9.73.